The van der Waals surface area contributed by atoms with Crippen molar-refractivity contribution in [1.29, 1.82) is 0 Å². The Labute approximate surface area is 141 Å². The van der Waals surface area contributed by atoms with E-state index in [1.165, 1.54) is 6.07 Å². The molecule has 5 nitrogen and oxygen atoms in total. The lowest BCUT2D eigenvalue weighted by Gasteiger charge is -2.25. The minimum Gasteiger partial charge on any atom is -0.497 e. The molecule has 1 aliphatic heterocycles. The number of anilines is 2. The average Bonchev–Trinajstić information content (AvgIpc) is 2.87. The molecule has 1 aromatic heterocycles. The van der Waals surface area contributed by atoms with Crippen LogP contribution >= 0.6 is 0 Å². The Hall–Kier alpha value is -2.50. The number of benzene rings is 1. The molecule has 0 amide bonds. The molecular weight excluding hydrogens is 309 g/mol. The minimum atomic E-state index is -0.269. The molecule has 0 unspecified atom stereocenters. The fourth-order valence-electron chi connectivity index (χ4n) is 2.97. The summed E-state index contributed by atoms with van der Waals surface area (Å²) in [5.41, 5.74) is 1.05. The summed E-state index contributed by atoms with van der Waals surface area (Å²) in [6, 6.07) is 8.93. The lowest BCUT2D eigenvalue weighted by molar-refractivity contribution is 0.394. The zero-order valence-corrected chi connectivity index (χ0v) is 14.0. The fourth-order valence-corrected chi connectivity index (χ4v) is 2.97. The Morgan fingerprint density at radius 2 is 1.62 bits per heavy atom. The van der Waals surface area contributed by atoms with Crippen LogP contribution in [0.1, 0.15) is 6.42 Å². The Morgan fingerprint density at radius 1 is 0.958 bits per heavy atom. The second kappa shape index (κ2) is 7.38. The predicted octanol–water partition coefficient (Wildman–Crippen LogP) is 2.95. The molecule has 0 aliphatic carbocycles. The third-order valence-corrected chi connectivity index (χ3v) is 4.24. The number of halogens is 1. The summed E-state index contributed by atoms with van der Waals surface area (Å²) in [7, 11) is 3.29. The van der Waals surface area contributed by atoms with Gasteiger partial charge in [-0.3, -0.25) is 0 Å². The first-order valence-electron chi connectivity index (χ1n) is 8.05. The smallest absolute Gasteiger partial charge is 0.165 e. The average molecular weight is 331 g/mol. The van der Waals surface area contributed by atoms with Crippen LogP contribution in [0.25, 0.3) is 0 Å². The second-order valence-corrected chi connectivity index (χ2v) is 5.71. The quantitative estimate of drug-likeness (QED) is 0.861. The highest BCUT2D eigenvalue weighted by molar-refractivity contribution is 5.56. The van der Waals surface area contributed by atoms with E-state index in [2.05, 4.69) is 9.88 Å². The third-order valence-electron chi connectivity index (χ3n) is 4.24. The Kier molecular flexibility index (Phi) is 5.03. The standard InChI is InChI=1S/C18H22FN3O2/c1-23-15-11-14(12-16(13-15)24-2)21-7-4-8-22(10-9-21)18-17(19)5-3-6-20-18/h3,5-6,11-13H,4,7-10H2,1-2H3. The molecule has 24 heavy (non-hydrogen) atoms. The summed E-state index contributed by atoms with van der Waals surface area (Å²) < 4.78 is 24.7. The largest absolute Gasteiger partial charge is 0.497 e. The SMILES string of the molecule is COc1cc(OC)cc(N2CCCN(c3ncccc3F)CC2)c1. The maximum absolute atomic E-state index is 14.0. The molecule has 1 aliphatic rings. The van der Waals surface area contributed by atoms with Crippen LogP contribution < -0.4 is 19.3 Å². The highest BCUT2D eigenvalue weighted by Crippen LogP contribution is 2.29. The van der Waals surface area contributed by atoms with Crippen molar-refractivity contribution in [3.63, 3.8) is 0 Å². The number of rotatable bonds is 4. The molecule has 1 fully saturated rings. The summed E-state index contributed by atoms with van der Waals surface area (Å²) in [5, 5.41) is 0. The summed E-state index contributed by atoms with van der Waals surface area (Å²) in [6.07, 6.45) is 2.56. The molecule has 3 rings (SSSR count). The van der Waals surface area contributed by atoms with Crippen molar-refractivity contribution in [2.45, 2.75) is 6.42 Å². The van der Waals surface area contributed by atoms with Gasteiger partial charge < -0.3 is 19.3 Å². The van der Waals surface area contributed by atoms with E-state index < -0.39 is 0 Å². The van der Waals surface area contributed by atoms with Gasteiger partial charge in [0.05, 0.1) is 14.2 Å². The molecule has 6 heteroatoms. The van der Waals surface area contributed by atoms with E-state index in [0.717, 1.165) is 43.2 Å². The van der Waals surface area contributed by atoms with Crippen molar-refractivity contribution in [3.8, 4) is 11.5 Å². The number of methoxy groups -OCH3 is 2. The van der Waals surface area contributed by atoms with E-state index in [1.807, 2.05) is 23.1 Å². The van der Waals surface area contributed by atoms with E-state index in [-0.39, 0.29) is 5.82 Å². The Morgan fingerprint density at radius 3 is 2.29 bits per heavy atom. The van der Waals surface area contributed by atoms with Gasteiger partial charge >= 0.3 is 0 Å². The van der Waals surface area contributed by atoms with Gasteiger partial charge in [-0.25, -0.2) is 9.37 Å². The number of hydrogen-bond acceptors (Lipinski definition) is 5. The van der Waals surface area contributed by atoms with Crippen LogP contribution in [0.15, 0.2) is 36.5 Å². The van der Waals surface area contributed by atoms with E-state index >= 15 is 0 Å². The molecule has 0 atom stereocenters. The molecule has 1 saturated heterocycles. The molecule has 0 spiro atoms. The summed E-state index contributed by atoms with van der Waals surface area (Å²) in [4.78, 5) is 8.46. The zero-order valence-electron chi connectivity index (χ0n) is 14.0. The van der Waals surface area contributed by atoms with Crippen molar-refractivity contribution in [2.75, 3.05) is 50.2 Å². The van der Waals surface area contributed by atoms with Gasteiger partial charge in [-0.1, -0.05) is 0 Å². The summed E-state index contributed by atoms with van der Waals surface area (Å²) in [5.74, 6) is 1.69. The second-order valence-electron chi connectivity index (χ2n) is 5.71. The van der Waals surface area contributed by atoms with Gasteiger partial charge in [0, 0.05) is 56.3 Å². The highest BCUT2D eigenvalue weighted by atomic mass is 19.1. The van der Waals surface area contributed by atoms with Gasteiger partial charge in [0.1, 0.15) is 11.5 Å². The Balaban J connectivity index is 1.77. The van der Waals surface area contributed by atoms with Crippen LogP contribution in [0, 0.1) is 5.82 Å². The van der Waals surface area contributed by atoms with Crippen molar-refractivity contribution < 1.29 is 13.9 Å². The van der Waals surface area contributed by atoms with E-state index in [1.54, 1.807) is 26.5 Å². The third kappa shape index (κ3) is 3.53. The molecule has 0 N–H and O–H groups in total. The van der Waals surface area contributed by atoms with E-state index in [0.29, 0.717) is 12.4 Å². The number of nitrogens with zero attached hydrogens (tertiary/aromatic N) is 3. The van der Waals surface area contributed by atoms with Gasteiger partial charge in [-0.15, -0.1) is 0 Å². The monoisotopic (exact) mass is 331 g/mol. The molecule has 0 bridgehead atoms. The van der Waals surface area contributed by atoms with Crippen LogP contribution in [0.4, 0.5) is 15.9 Å². The van der Waals surface area contributed by atoms with E-state index in [4.69, 9.17) is 9.47 Å². The molecule has 0 saturated carbocycles. The number of ether oxygens (including phenoxy) is 2. The topological polar surface area (TPSA) is 37.8 Å². The van der Waals surface area contributed by atoms with E-state index in [9.17, 15) is 4.39 Å². The van der Waals surface area contributed by atoms with Crippen molar-refractivity contribution in [1.82, 2.24) is 4.98 Å². The van der Waals surface area contributed by atoms with Crippen LogP contribution in [-0.2, 0) is 0 Å². The molecule has 1 aromatic carbocycles. The lowest BCUT2D eigenvalue weighted by Crippen LogP contribution is -2.31. The van der Waals surface area contributed by atoms with Crippen LogP contribution in [-0.4, -0.2) is 45.4 Å². The summed E-state index contributed by atoms with van der Waals surface area (Å²) >= 11 is 0. The van der Waals surface area contributed by atoms with Gasteiger partial charge in [-0.05, 0) is 18.6 Å². The molecule has 128 valence electrons. The maximum atomic E-state index is 14.0. The number of aromatic nitrogens is 1. The molecule has 0 radical (unpaired) electrons. The first-order valence-corrected chi connectivity index (χ1v) is 8.05. The van der Waals surface area contributed by atoms with Gasteiger partial charge in [-0.2, -0.15) is 0 Å². The Bertz CT molecular complexity index is 673. The molecular formula is C18H22FN3O2. The normalized spacial score (nSPS) is 15.1. The van der Waals surface area contributed by atoms with Crippen LogP contribution in [0.2, 0.25) is 0 Å². The van der Waals surface area contributed by atoms with Crippen molar-refractivity contribution in [2.24, 2.45) is 0 Å². The minimum absolute atomic E-state index is 0.269. The highest BCUT2D eigenvalue weighted by Gasteiger charge is 2.19. The zero-order chi connectivity index (χ0) is 16.9. The lowest BCUT2D eigenvalue weighted by atomic mass is 10.2. The summed E-state index contributed by atoms with van der Waals surface area (Å²) in [6.45, 7) is 3.17. The van der Waals surface area contributed by atoms with Gasteiger partial charge in [0.15, 0.2) is 11.6 Å². The van der Waals surface area contributed by atoms with Crippen molar-refractivity contribution >= 4 is 11.5 Å². The van der Waals surface area contributed by atoms with Gasteiger partial charge in [0.2, 0.25) is 0 Å². The maximum Gasteiger partial charge on any atom is 0.165 e. The number of pyridine rings is 1. The number of hydrogen-bond donors (Lipinski definition) is 0. The van der Waals surface area contributed by atoms with Crippen LogP contribution in [0.3, 0.4) is 0 Å². The van der Waals surface area contributed by atoms with Gasteiger partial charge in [0.25, 0.3) is 0 Å². The first kappa shape index (κ1) is 16.4. The van der Waals surface area contributed by atoms with Crippen LogP contribution in [0.5, 0.6) is 11.5 Å². The predicted molar refractivity (Wildman–Crippen MR) is 92.8 cm³/mol. The van der Waals surface area contributed by atoms with Crippen molar-refractivity contribution in [3.05, 3.63) is 42.3 Å². The fraction of sp³-hybridized carbons (Fsp3) is 0.389. The molecule has 2 aromatic rings. The first-order chi connectivity index (χ1) is 11.7. The molecule has 2 heterocycles.